The Balaban J connectivity index is 1.95. The molecule has 2 rings (SSSR count). The molecule has 1 saturated heterocycles. The van der Waals surface area contributed by atoms with Crippen molar-refractivity contribution in [2.45, 2.75) is 57.9 Å². The van der Waals surface area contributed by atoms with Crippen LogP contribution in [0.15, 0.2) is 4.99 Å². The van der Waals surface area contributed by atoms with Crippen LogP contribution < -0.4 is 10.6 Å². The van der Waals surface area contributed by atoms with Gasteiger partial charge in [0, 0.05) is 38.4 Å². The summed E-state index contributed by atoms with van der Waals surface area (Å²) in [5, 5.41) is 7.01. The first kappa shape index (κ1) is 18.5. The smallest absolute Gasteiger partial charge is 0.191 e. The lowest BCUT2D eigenvalue weighted by atomic mass is 9.67. The van der Waals surface area contributed by atoms with Crippen molar-refractivity contribution in [3.63, 3.8) is 0 Å². The van der Waals surface area contributed by atoms with Crippen molar-refractivity contribution in [2.24, 2.45) is 10.4 Å². The highest BCUT2D eigenvalue weighted by Gasteiger charge is 2.36. The van der Waals surface area contributed by atoms with Crippen molar-refractivity contribution in [2.75, 3.05) is 46.9 Å². The van der Waals surface area contributed by atoms with E-state index in [4.69, 9.17) is 9.73 Å². The first-order valence-corrected chi connectivity index (χ1v) is 9.33. The fraction of sp³-hybridized carbons (Fsp3) is 0.944. The van der Waals surface area contributed by atoms with Gasteiger partial charge in [-0.05, 0) is 58.5 Å². The van der Waals surface area contributed by atoms with Crippen LogP contribution in [-0.4, -0.2) is 63.3 Å². The molecule has 0 aromatic carbocycles. The molecule has 1 aliphatic carbocycles. The summed E-state index contributed by atoms with van der Waals surface area (Å²) >= 11 is 0. The van der Waals surface area contributed by atoms with E-state index in [2.05, 4.69) is 43.5 Å². The summed E-state index contributed by atoms with van der Waals surface area (Å²) in [6.45, 7) is 8.93. The number of likely N-dealkylation sites (N-methyl/N-ethyl adjacent to an activating group) is 1. The van der Waals surface area contributed by atoms with Crippen LogP contribution >= 0.6 is 0 Å². The van der Waals surface area contributed by atoms with E-state index < -0.39 is 0 Å². The minimum absolute atomic E-state index is 0.174. The fourth-order valence-electron chi connectivity index (χ4n) is 3.67. The number of rotatable bonds is 7. The molecule has 0 radical (unpaired) electrons. The number of nitrogens with one attached hydrogen (secondary N) is 2. The van der Waals surface area contributed by atoms with Gasteiger partial charge in [0.1, 0.15) is 0 Å². The maximum absolute atomic E-state index is 5.56. The second-order valence-electron chi connectivity index (χ2n) is 7.49. The maximum Gasteiger partial charge on any atom is 0.191 e. The zero-order valence-corrected chi connectivity index (χ0v) is 15.6. The minimum atomic E-state index is 0.174. The summed E-state index contributed by atoms with van der Waals surface area (Å²) in [6.07, 6.45) is 7.44. The maximum atomic E-state index is 5.56. The van der Waals surface area contributed by atoms with E-state index in [0.29, 0.717) is 5.41 Å². The highest BCUT2D eigenvalue weighted by molar-refractivity contribution is 5.79. The molecule has 1 heterocycles. The van der Waals surface area contributed by atoms with E-state index >= 15 is 0 Å². The highest BCUT2D eigenvalue weighted by Crippen LogP contribution is 2.43. The molecule has 0 bridgehead atoms. The lowest BCUT2D eigenvalue weighted by Crippen LogP contribution is -2.57. The molecule has 5 heteroatoms. The van der Waals surface area contributed by atoms with Crippen molar-refractivity contribution in [1.29, 1.82) is 0 Å². The van der Waals surface area contributed by atoms with Crippen LogP contribution in [0, 0.1) is 5.41 Å². The van der Waals surface area contributed by atoms with Gasteiger partial charge in [0.2, 0.25) is 0 Å². The Kier molecular flexibility index (Phi) is 6.72. The van der Waals surface area contributed by atoms with Gasteiger partial charge in [-0.25, -0.2) is 0 Å². The Hall–Kier alpha value is -0.810. The van der Waals surface area contributed by atoms with Gasteiger partial charge in [-0.3, -0.25) is 4.99 Å². The first-order chi connectivity index (χ1) is 11.1. The third-order valence-electron chi connectivity index (χ3n) is 6.04. The molecule has 0 atom stereocenters. The van der Waals surface area contributed by atoms with Gasteiger partial charge in [-0.15, -0.1) is 0 Å². The largest absolute Gasteiger partial charge is 0.381 e. The summed E-state index contributed by atoms with van der Waals surface area (Å²) in [7, 11) is 4.36. The van der Waals surface area contributed by atoms with E-state index in [1.807, 2.05) is 0 Å². The molecule has 2 N–H and O–H groups in total. The molecule has 23 heavy (non-hydrogen) atoms. The normalized spacial score (nSPS) is 23.4. The van der Waals surface area contributed by atoms with Gasteiger partial charge >= 0.3 is 0 Å². The molecule has 1 saturated carbocycles. The molecule has 0 amide bonds. The second kappa shape index (κ2) is 8.34. The molecular formula is C18H36N4O. The van der Waals surface area contributed by atoms with Crippen LogP contribution in [0.1, 0.15) is 52.4 Å². The predicted octanol–water partition coefficient (Wildman–Crippen LogP) is 2.23. The summed E-state index contributed by atoms with van der Waals surface area (Å²) in [5.74, 6) is 0.972. The predicted molar refractivity (Wildman–Crippen MR) is 97.0 cm³/mol. The molecule has 0 spiro atoms. The van der Waals surface area contributed by atoms with Crippen LogP contribution in [0.5, 0.6) is 0 Å². The lowest BCUT2D eigenvalue weighted by molar-refractivity contribution is -0.00502. The van der Waals surface area contributed by atoms with Crippen molar-refractivity contribution in [3.05, 3.63) is 0 Å². The van der Waals surface area contributed by atoms with Crippen LogP contribution in [0.3, 0.4) is 0 Å². The standard InChI is InChI=1S/C18H36N4O/c1-5-17(8-7-9-17)14-20-16(19-6-2)21-15-18(22(3)4)10-12-23-13-11-18/h5-15H2,1-4H3,(H2,19,20,21). The Morgan fingerprint density at radius 3 is 2.26 bits per heavy atom. The molecule has 0 aromatic rings. The zero-order chi connectivity index (χ0) is 16.8. The number of ether oxygens (including phenoxy) is 1. The van der Waals surface area contributed by atoms with Gasteiger partial charge < -0.3 is 20.3 Å². The summed E-state index contributed by atoms with van der Waals surface area (Å²) < 4.78 is 5.56. The van der Waals surface area contributed by atoms with E-state index in [0.717, 1.165) is 51.6 Å². The Labute approximate surface area is 142 Å². The molecule has 5 nitrogen and oxygen atoms in total. The number of hydrogen-bond donors (Lipinski definition) is 2. The molecule has 0 unspecified atom stereocenters. The Morgan fingerprint density at radius 1 is 1.09 bits per heavy atom. The average molecular weight is 325 g/mol. The summed E-state index contributed by atoms with van der Waals surface area (Å²) in [4.78, 5) is 7.25. The van der Waals surface area contributed by atoms with Crippen molar-refractivity contribution >= 4 is 5.96 Å². The van der Waals surface area contributed by atoms with E-state index in [1.54, 1.807) is 0 Å². The minimum Gasteiger partial charge on any atom is -0.381 e. The number of aliphatic imine (C=N–C) groups is 1. The van der Waals surface area contributed by atoms with Crippen LogP contribution in [0.2, 0.25) is 0 Å². The summed E-state index contributed by atoms with van der Waals surface area (Å²) in [6, 6.07) is 0. The van der Waals surface area contributed by atoms with Gasteiger partial charge in [0.25, 0.3) is 0 Å². The Morgan fingerprint density at radius 2 is 1.78 bits per heavy atom. The molecule has 0 aromatic heterocycles. The van der Waals surface area contributed by atoms with Crippen LogP contribution in [-0.2, 0) is 4.74 Å². The summed E-state index contributed by atoms with van der Waals surface area (Å²) in [5.41, 5.74) is 0.646. The van der Waals surface area contributed by atoms with E-state index in [-0.39, 0.29) is 5.54 Å². The quantitative estimate of drug-likeness (QED) is 0.557. The van der Waals surface area contributed by atoms with Crippen LogP contribution in [0.4, 0.5) is 0 Å². The number of hydrogen-bond acceptors (Lipinski definition) is 3. The average Bonchev–Trinajstić information content (AvgIpc) is 2.52. The van der Waals surface area contributed by atoms with Gasteiger partial charge in [0.15, 0.2) is 5.96 Å². The van der Waals surface area contributed by atoms with Gasteiger partial charge in [0.05, 0.1) is 0 Å². The van der Waals surface area contributed by atoms with Crippen molar-refractivity contribution in [3.8, 4) is 0 Å². The second-order valence-corrected chi connectivity index (χ2v) is 7.49. The van der Waals surface area contributed by atoms with Crippen LogP contribution in [0.25, 0.3) is 0 Å². The third-order valence-corrected chi connectivity index (χ3v) is 6.04. The van der Waals surface area contributed by atoms with E-state index in [9.17, 15) is 0 Å². The van der Waals surface area contributed by atoms with Gasteiger partial charge in [-0.1, -0.05) is 13.3 Å². The van der Waals surface area contributed by atoms with Gasteiger partial charge in [-0.2, -0.15) is 0 Å². The monoisotopic (exact) mass is 324 g/mol. The molecule has 2 aliphatic rings. The zero-order valence-electron chi connectivity index (χ0n) is 15.6. The topological polar surface area (TPSA) is 48.9 Å². The van der Waals surface area contributed by atoms with Crippen molar-refractivity contribution < 1.29 is 4.74 Å². The molecule has 134 valence electrons. The van der Waals surface area contributed by atoms with Crippen molar-refractivity contribution in [1.82, 2.24) is 15.5 Å². The number of nitrogens with zero attached hydrogens (tertiary/aromatic N) is 2. The highest BCUT2D eigenvalue weighted by atomic mass is 16.5. The number of guanidine groups is 1. The molecular weight excluding hydrogens is 288 g/mol. The third kappa shape index (κ3) is 4.60. The molecule has 2 fully saturated rings. The first-order valence-electron chi connectivity index (χ1n) is 9.33. The molecule has 1 aliphatic heterocycles. The van der Waals surface area contributed by atoms with E-state index in [1.165, 1.54) is 25.7 Å². The lowest BCUT2D eigenvalue weighted by Gasteiger charge is -2.43. The SMILES string of the molecule is CCNC(=NCC1(CC)CCC1)NCC1(N(C)C)CCOCC1. The Bertz CT molecular complexity index is 379. The fourth-order valence-corrected chi connectivity index (χ4v) is 3.67.